The number of hydrogen-bond donors (Lipinski definition) is 0. The van der Waals surface area contributed by atoms with E-state index in [-0.39, 0.29) is 24.2 Å². The van der Waals surface area contributed by atoms with Crippen molar-refractivity contribution in [2.24, 2.45) is 0 Å². The van der Waals surface area contributed by atoms with Gasteiger partial charge in [-0.05, 0) is 25.3 Å². The van der Waals surface area contributed by atoms with Gasteiger partial charge in [-0.3, -0.25) is 4.90 Å². The fourth-order valence-corrected chi connectivity index (χ4v) is 3.21. The van der Waals surface area contributed by atoms with E-state index < -0.39 is 0 Å². The van der Waals surface area contributed by atoms with Crippen LogP contribution in [0.1, 0.15) is 31.4 Å². The third kappa shape index (κ3) is 2.72. The molecule has 2 fully saturated rings. The van der Waals surface area contributed by atoms with E-state index in [1.807, 2.05) is 37.3 Å². The highest BCUT2D eigenvalue weighted by Crippen LogP contribution is 2.32. The molecule has 0 aliphatic carbocycles. The van der Waals surface area contributed by atoms with Crippen LogP contribution in [0, 0.1) is 0 Å². The Kier molecular flexibility index (Phi) is 4.03. The number of fused-ring (bicyclic) bond motifs is 2. The van der Waals surface area contributed by atoms with Gasteiger partial charge in [-0.25, -0.2) is 4.79 Å². The monoisotopic (exact) mass is 275 g/mol. The van der Waals surface area contributed by atoms with Crippen LogP contribution in [0.3, 0.4) is 0 Å². The maximum absolute atomic E-state index is 12.4. The Morgan fingerprint density at radius 3 is 2.55 bits per heavy atom. The number of morpholine rings is 1. The zero-order valence-corrected chi connectivity index (χ0v) is 11.8. The van der Waals surface area contributed by atoms with Crippen LogP contribution in [0.15, 0.2) is 30.3 Å². The molecule has 0 saturated carbocycles. The van der Waals surface area contributed by atoms with Crippen molar-refractivity contribution in [1.82, 2.24) is 4.90 Å². The highest BCUT2D eigenvalue weighted by Gasteiger charge is 2.39. The topological polar surface area (TPSA) is 38.8 Å². The smallest absolute Gasteiger partial charge is 0.328 e. The van der Waals surface area contributed by atoms with Crippen molar-refractivity contribution in [2.45, 2.75) is 38.0 Å². The molecule has 4 nitrogen and oxygen atoms in total. The minimum atomic E-state index is -0.303. The molecule has 0 spiro atoms. The lowest BCUT2D eigenvalue weighted by Crippen LogP contribution is -2.47. The van der Waals surface area contributed by atoms with E-state index in [9.17, 15) is 4.79 Å². The van der Waals surface area contributed by atoms with E-state index in [2.05, 4.69) is 4.90 Å². The zero-order valence-electron chi connectivity index (χ0n) is 11.8. The number of nitrogens with zero attached hydrogens (tertiary/aromatic N) is 1. The van der Waals surface area contributed by atoms with Crippen molar-refractivity contribution in [3.8, 4) is 0 Å². The van der Waals surface area contributed by atoms with Crippen LogP contribution in [-0.4, -0.2) is 42.8 Å². The summed E-state index contributed by atoms with van der Waals surface area (Å²) in [6, 6.07) is 9.60. The van der Waals surface area contributed by atoms with Gasteiger partial charge < -0.3 is 9.47 Å². The summed E-state index contributed by atoms with van der Waals surface area (Å²) in [6.45, 7) is 3.89. The molecule has 20 heavy (non-hydrogen) atoms. The Balaban J connectivity index is 1.83. The molecule has 108 valence electrons. The molecule has 0 aromatic heterocycles. The average molecular weight is 275 g/mol. The molecule has 1 aromatic carbocycles. The summed E-state index contributed by atoms with van der Waals surface area (Å²) in [5, 5.41) is 0. The van der Waals surface area contributed by atoms with E-state index in [0.717, 1.165) is 31.5 Å². The second kappa shape index (κ2) is 5.94. The molecule has 3 rings (SSSR count). The van der Waals surface area contributed by atoms with E-state index >= 15 is 0 Å². The molecule has 3 unspecified atom stereocenters. The van der Waals surface area contributed by atoms with Crippen LogP contribution < -0.4 is 0 Å². The van der Waals surface area contributed by atoms with Crippen LogP contribution >= 0.6 is 0 Å². The van der Waals surface area contributed by atoms with E-state index in [1.54, 1.807) is 0 Å². The molecule has 2 saturated heterocycles. The molecule has 2 aliphatic rings. The minimum Gasteiger partial charge on any atom is -0.465 e. The fourth-order valence-electron chi connectivity index (χ4n) is 3.21. The Labute approximate surface area is 119 Å². The quantitative estimate of drug-likeness (QED) is 0.789. The summed E-state index contributed by atoms with van der Waals surface area (Å²) >= 11 is 0. The molecule has 2 heterocycles. The van der Waals surface area contributed by atoms with Gasteiger partial charge >= 0.3 is 5.97 Å². The van der Waals surface area contributed by atoms with E-state index in [0.29, 0.717) is 6.61 Å². The van der Waals surface area contributed by atoms with Crippen molar-refractivity contribution in [3.05, 3.63) is 35.9 Å². The first kappa shape index (κ1) is 13.6. The van der Waals surface area contributed by atoms with Crippen molar-refractivity contribution in [1.29, 1.82) is 0 Å². The second-order valence-electron chi connectivity index (χ2n) is 5.48. The molecule has 2 bridgehead atoms. The summed E-state index contributed by atoms with van der Waals surface area (Å²) in [5.74, 6) is -0.153. The molecular formula is C16H21NO3. The van der Waals surface area contributed by atoms with Crippen molar-refractivity contribution >= 4 is 5.97 Å². The second-order valence-corrected chi connectivity index (χ2v) is 5.48. The zero-order chi connectivity index (χ0) is 13.9. The van der Waals surface area contributed by atoms with Crippen molar-refractivity contribution in [2.75, 3.05) is 19.7 Å². The van der Waals surface area contributed by atoms with Gasteiger partial charge in [0.2, 0.25) is 0 Å². The van der Waals surface area contributed by atoms with Crippen LogP contribution in [0.25, 0.3) is 0 Å². The minimum absolute atomic E-state index is 0.153. The molecule has 2 aliphatic heterocycles. The summed E-state index contributed by atoms with van der Waals surface area (Å²) in [6.07, 6.45) is 2.75. The van der Waals surface area contributed by atoms with Gasteiger partial charge in [-0.15, -0.1) is 0 Å². The predicted octanol–water partition coefficient (Wildman–Crippen LogP) is 2.15. The maximum atomic E-state index is 12.4. The van der Waals surface area contributed by atoms with Crippen molar-refractivity contribution in [3.63, 3.8) is 0 Å². The fraction of sp³-hybridized carbons (Fsp3) is 0.562. The SMILES string of the molecule is CCOC(=O)C(c1ccccc1)N1CC2CCC(C1)O2. The first-order valence-electron chi connectivity index (χ1n) is 7.39. The average Bonchev–Trinajstić information content (AvgIpc) is 2.80. The lowest BCUT2D eigenvalue weighted by atomic mass is 10.0. The summed E-state index contributed by atoms with van der Waals surface area (Å²) < 4.78 is 11.1. The molecule has 0 N–H and O–H groups in total. The first-order chi connectivity index (χ1) is 9.78. The third-order valence-corrected chi connectivity index (χ3v) is 4.06. The van der Waals surface area contributed by atoms with Gasteiger partial charge in [-0.2, -0.15) is 0 Å². The maximum Gasteiger partial charge on any atom is 0.328 e. The number of likely N-dealkylation sites (tertiary alicyclic amines) is 1. The van der Waals surface area contributed by atoms with Gasteiger partial charge in [0.25, 0.3) is 0 Å². The van der Waals surface area contributed by atoms with Gasteiger partial charge in [0, 0.05) is 13.1 Å². The largest absolute Gasteiger partial charge is 0.465 e. The highest BCUT2D eigenvalue weighted by molar-refractivity contribution is 5.77. The lowest BCUT2D eigenvalue weighted by Gasteiger charge is -2.36. The van der Waals surface area contributed by atoms with Gasteiger partial charge in [0.05, 0.1) is 18.8 Å². The van der Waals surface area contributed by atoms with E-state index in [4.69, 9.17) is 9.47 Å². The highest BCUT2D eigenvalue weighted by atomic mass is 16.5. The molecule has 0 radical (unpaired) electrons. The summed E-state index contributed by atoms with van der Waals surface area (Å²) in [4.78, 5) is 14.6. The van der Waals surface area contributed by atoms with Crippen LogP contribution in [0.4, 0.5) is 0 Å². The number of rotatable bonds is 4. The number of esters is 1. The van der Waals surface area contributed by atoms with Crippen molar-refractivity contribution < 1.29 is 14.3 Å². The number of ether oxygens (including phenoxy) is 2. The third-order valence-electron chi connectivity index (χ3n) is 4.06. The molecule has 3 atom stereocenters. The molecule has 4 heteroatoms. The normalized spacial score (nSPS) is 27.2. The van der Waals surface area contributed by atoms with Crippen LogP contribution in [-0.2, 0) is 14.3 Å². The molecule has 0 amide bonds. The van der Waals surface area contributed by atoms with Crippen LogP contribution in [0.2, 0.25) is 0 Å². The Bertz CT molecular complexity index is 450. The Hall–Kier alpha value is -1.39. The van der Waals surface area contributed by atoms with Gasteiger partial charge in [0.15, 0.2) is 0 Å². The summed E-state index contributed by atoms with van der Waals surface area (Å²) in [7, 11) is 0. The Morgan fingerprint density at radius 2 is 1.95 bits per heavy atom. The number of carbonyl (C=O) groups is 1. The first-order valence-corrected chi connectivity index (χ1v) is 7.39. The number of benzene rings is 1. The lowest BCUT2D eigenvalue weighted by molar-refractivity contribution is -0.153. The Morgan fingerprint density at radius 1 is 1.30 bits per heavy atom. The predicted molar refractivity (Wildman–Crippen MR) is 75.3 cm³/mol. The van der Waals surface area contributed by atoms with Gasteiger partial charge in [-0.1, -0.05) is 30.3 Å². The molecular weight excluding hydrogens is 254 g/mol. The summed E-state index contributed by atoms with van der Waals surface area (Å²) in [5.41, 5.74) is 1.01. The molecule has 1 aromatic rings. The van der Waals surface area contributed by atoms with Crippen LogP contribution in [0.5, 0.6) is 0 Å². The van der Waals surface area contributed by atoms with E-state index in [1.165, 1.54) is 0 Å². The van der Waals surface area contributed by atoms with Gasteiger partial charge in [0.1, 0.15) is 6.04 Å². The number of carbonyl (C=O) groups excluding carboxylic acids is 1. The standard InChI is InChI=1S/C16H21NO3/c1-2-19-16(18)15(12-6-4-3-5-7-12)17-10-13-8-9-14(11-17)20-13/h3-7,13-15H,2,8-11H2,1H3. The number of hydrogen-bond acceptors (Lipinski definition) is 4.